The standard InChI is InChI=1S/C61H109NO10/c1-3-5-7-9-11-13-15-17-20-23-27-31-35-39-43-47-54(64)53(52-71-61-60(69)59(68)58(67)55(51-63)72-61)62-56(65)48-44-40-36-32-28-24-21-19-22-26-30-34-38-42-46-50-70-57(66)49-45-41-37-33-29-25-18-16-14-12-10-8-6-4-2/h10,12,16,18-19,22,26,30,43,47,53-55,58-61,63-64,67-69H,3-9,11,13-15,17,20-21,23-25,27-29,31-42,44-46,48-52H2,1-2H3,(H,62,65)/b12-10-,18-16-,22-19-,30-26-,47-43+. The van der Waals surface area contributed by atoms with Crippen LogP contribution in [-0.2, 0) is 23.8 Å². The first kappa shape index (κ1) is 67.4. The number of esters is 1. The zero-order valence-electron chi connectivity index (χ0n) is 45.9. The van der Waals surface area contributed by atoms with Crippen molar-refractivity contribution in [3.05, 3.63) is 60.8 Å². The number of unbranched alkanes of at least 4 members (excludes halogenated alkanes) is 29. The SMILES string of the molecule is CCCC/C=C\C/C=C\CCCCCCCC(=O)OCCCCC/C=C\C=C/CCCCCCCCC(=O)NC(COC1OC(CO)C(O)C(O)C1O)C(O)/C=C/CCCCCCCCCCCCCCC. The van der Waals surface area contributed by atoms with E-state index in [9.17, 15) is 35.1 Å². The molecule has 7 unspecified atom stereocenters. The zero-order chi connectivity index (χ0) is 52.4. The maximum atomic E-state index is 13.0. The highest BCUT2D eigenvalue weighted by atomic mass is 16.7. The maximum Gasteiger partial charge on any atom is 0.305 e. The number of aliphatic hydroxyl groups excluding tert-OH is 5. The molecule has 0 aromatic heterocycles. The lowest BCUT2D eigenvalue weighted by molar-refractivity contribution is -0.302. The van der Waals surface area contributed by atoms with Crippen LogP contribution in [0.4, 0.5) is 0 Å². The number of rotatable bonds is 50. The minimum Gasteiger partial charge on any atom is -0.466 e. The summed E-state index contributed by atoms with van der Waals surface area (Å²) in [4.78, 5) is 25.1. The molecule has 7 atom stereocenters. The maximum absolute atomic E-state index is 13.0. The van der Waals surface area contributed by atoms with Crippen molar-refractivity contribution in [1.29, 1.82) is 0 Å². The third-order valence-electron chi connectivity index (χ3n) is 13.6. The van der Waals surface area contributed by atoms with Crippen LogP contribution in [0, 0.1) is 0 Å². The summed E-state index contributed by atoms with van der Waals surface area (Å²) in [7, 11) is 0. The Balaban J connectivity index is 2.18. The molecule has 0 spiro atoms. The van der Waals surface area contributed by atoms with Gasteiger partial charge in [-0.25, -0.2) is 0 Å². The summed E-state index contributed by atoms with van der Waals surface area (Å²) in [5.74, 6) is -0.261. The first-order valence-corrected chi connectivity index (χ1v) is 29.6. The van der Waals surface area contributed by atoms with Gasteiger partial charge in [0.05, 0.1) is 32.0 Å². The fourth-order valence-corrected chi connectivity index (χ4v) is 8.85. The first-order valence-electron chi connectivity index (χ1n) is 29.6. The van der Waals surface area contributed by atoms with Gasteiger partial charge in [0.25, 0.3) is 0 Å². The van der Waals surface area contributed by atoms with Gasteiger partial charge in [0.1, 0.15) is 24.4 Å². The number of ether oxygens (including phenoxy) is 3. The van der Waals surface area contributed by atoms with Gasteiger partial charge in [-0.3, -0.25) is 9.59 Å². The Kier molecular flexibility index (Phi) is 47.3. The van der Waals surface area contributed by atoms with Crippen LogP contribution in [0.3, 0.4) is 0 Å². The summed E-state index contributed by atoms with van der Waals surface area (Å²) in [6.45, 7) is 4.22. The van der Waals surface area contributed by atoms with Crippen molar-refractivity contribution in [3.63, 3.8) is 0 Å². The second-order valence-electron chi connectivity index (χ2n) is 20.4. The Morgan fingerprint density at radius 2 is 0.986 bits per heavy atom. The van der Waals surface area contributed by atoms with E-state index >= 15 is 0 Å². The molecule has 72 heavy (non-hydrogen) atoms. The van der Waals surface area contributed by atoms with E-state index in [1.54, 1.807) is 6.08 Å². The van der Waals surface area contributed by atoms with Crippen molar-refractivity contribution in [2.24, 2.45) is 0 Å². The molecule has 1 saturated heterocycles. The number of amides is 1. The second-order valence-corrected chi connectivity index (χ2v) is 20.4. The van der Waals surface area contributed by atoms with Crippen LogP contribution in [-0.4, -0.2) is 100 Å². The number of aliphatic hydroxyl groups is 5. The van der Waals surface area contributed by atoms with Crippen molar-refractivity contribution in [3.8, 4) is 0 Å². The van der Waals surface area contributed by atoms with Crippen LogP contribution < -0.4 is 5.32 Å². The van der Waals surface area contributed by atoms with E-state index in [1.807, 2.05) is 6.08 Å². The summed E-state index contributed by atoms with van der Waals surface area (Å²) >= 11 is 0. The van der Waals surface area contributed by atoms with Crippen molar-refractivity contribution < 1.29 is 49.3 Å². The molecule has 1 fully saturated rings. The Hall–Kier alpha value is -2.64. The highest BCUT2D eigenvalue weighted by Gasteiger charge is 2.44. The minimum absolute atomic E-state index is 0.0562. The number of hydrogen-bond acceptors (Lipinski definition) is 10. The highest BCUT2D eigenvalue weighted by molar-refractivity contribution is 5.76. The summed E-state index contributed by atoms with van der Waals surface area (Å²) < 4.78 is 16.7. The fourth-order valence-electron chi connectivity index (χ4n) is 8.85. The predicted octanol–water partition coefficient (Wildman–Crippen LogP) is 13.4. The number of carbonyl (C=O) groups is 2. The molecule has 1 rings (SSSR count). The molecule has 1 heterocycles. The van der Waals surface area contributed by atoms with Gasteiger partial charge in [-0.15, -0.1) is 0 Å². The molecule has 0 aromatic rings. The van der Waals surface area contributed by atoms with Crippen molar-refractivity contribution in [1.82, 2.24) is 5.32 Å². The molecule has 0 aromatic carbocycles. The smallest absolute Gasteiger partial charge is 0.305 e. The van der Waals surface area contributed by atoms with E-state index in [0.29, 0.717) is 19.4 Å². The van der Waals surface area contributed by atoms with Gasteiger partial charge >= 0.3 is 5.97 Å². The van der Waals surface area contributed by atoms with Crippen molar-refractivity contribution in [2.75, 3.05) is 19.8 Å². The largest absolute Gasteiger partial charge is 0.466 e. The van der Waals surface area contributed by atoms with E-state index < -0.39 is 49.5 Å². The number of carbonyl (C=O) groups excluding carboxylic acids is 2. The van der Waals surface area contributed by atoms with Crippen LogP contribution in [0.1, 0.15) is 251 Å². The quantitative estimate of drug-likeness (QED) is 0.0149. The second kappa shape index (κ2) is 50.5. The van der Waals surface area contributed by atoms with E-state index in [2.05, 4.69) is 67.8 Å². The summed E-state index contributed by atoms with van der Waals surface area (Å²) in [5, 5.41) is 54.4. The Labute approximate surface area is 439 Å². The highest BCUT2D eigenvalue weighted by Crippen LogP contribution is 2.23. The van der Waals surface area contributed by atoms with Crippen LogP contribution in [0.15, 0.2) is 60.8 Å². The first-order chi connectivity index (χ1) is 35.2. The van der Waals surface area contributed by atoms with Crippen LogP contribution in [0.25, 0.3) is 0 Å². The Morgan fingerprint density at radius 1 is 0.528 bits per heavy atom. The lowest BCUT2D eigenvalue weighted by Gasteiger charge is -2.40. The predicted molar refractivity (Wildman–Crippen MR) is 296 cm³/mol. The molecular formula is C61H109NO10. The lowest BCUT2D eigenvalue weighted by atomic mass is 9.99. The van der Waals surface area contributed by atoms with Gasteiger partial charge in [-0.2, -0.15) is 0 Å². The molecule has 0 bridgehead atoms. The van der Waals surface area contributed by atoms with Crippen LogP contribution in [0.5, 0.6) is 0 Å². The Morgan fingerprint density at radius 3 is 1.53 bits per heavy atom. The molecule has 0 radical (unpaired) electrons. The molecule has 0 aliphatic carbocycles. The molecule has 6 N–H and O–H groups in total. The third kappa shape index (κ3) is 39.8. The van der Waals surface area contributed by atoms with Crippen molar-refractivity contribution >= 4 is 11.9 Å². The average molecular weight is 1020 g/mol. The molecule has 0 saturated carbocycles. The topological polar surface area (TPSA) is 175 Å². The third-order valence-corrected chi connectivity index (χ3v) is 13.6. The monoisotopic (exact) mass is 1020 g/mol. The van der Waals surface area contributed by atoms with Crippen molar-refractivity contribution in [2.45, 2.75) is 294 Å². The molecular weight excluding hydrogens is 907 g/mol. The van der Waals surface area contributed by atoms with Gasteiger partial charge in [0.2, 0.25) is 5.91 Å². The number of nitrogens with one attached hydrogen (secondary N) is 1. The van der Waals surface area contributed by atoms with Gasteiger partial charge < -0.3 is 45.1 Å². The van der Waals surface area contributed by atoms with Gasteiger partial charge in [0, 0.05) is 12.8 Å². The van der Waals surface area contributed by atoms with E-state index in [1.165, 1.54) is 109 Å². The van der Waals surface area contributed by atoms with E-state index in [4.69, 9.17) is 14.2 Å². The fraction of sp³-hybridized carbons (Fsp3) is 0.803. The van der Waals surface area contributed by atoms with Gasteiger partial charge in [-0.05, 0) is 89.9 Å². The number of hydrogen-bond donors (Lipinski definition) is 6. The van der Waals surface area contributed by atoms with Crippen LogP contribution in [0.2, 0.25) is 0 Å². The van der Waals surface area contributed by atoms with Gasteiger partial charge in [0.15, 0.2) is 6.29 Å². The summed E-state index contributed by atoms with van der Waals surface area (Å²) in [6.07, 6.45) is 54.3. The summed E-state index contributed by atoms with van der Waals surface area (Å²) in [6, 6.07) is -0.829. The molecule has 11 heteroatoms. The average Bonchev–Trinajstić information content (AvgIpc) is 3.38. The van der Waals surface area contributed by atoms with E-state index in [-0.39, 0.29) is 18.5 Å². The van der Waals surface area contributed by atoms with Crippen LogP contribution >= 0.6 is 0 Å². The molecule has 1 aliphatic rings. The zero-order valence-corrected chi connectivity index (χ0v) is 45.9. The number of allylic oxidation sites excluding steroid dienone is 9. The van der Waals surface area contributed by atoms with E-state index in [0.717, 1.165) is 116 Å². The molecule has 1 amide bonds. The normalized spacial score (nSPS) is 19.5. The molecule has 418 valence electrons. The lowest BCUT2D eigenvalue weighted by Crippen LogP contribution is -2.60. The minimum atomic E-state index is -1.58. The van der Waals surface area contributed by atoms with Gasteiger partial charge in [-0.1, -0.05) is 209 Å². The summed E-state index contributed by atoms with van der Waals surface area (Å²) in [5.41, 5.74) is 0. The Bertz CT molecular complexity index is 1380. The molecule has 1 aliphatic heterocycles. The molecule has 11 nitrogen and oxygen atoms in total.